The van der Waals surface area contributed by atoms with E-state index in [0.29, 0.717) is 31.1 Å². The minimum atomic E-state index is -0.0556. The highest BCUT2D eigenvalue weighted by Gasteiger charge is 2.32. The number of morpholine rings is 1. The molecule has 2 N–H and O–H groups in total. The Bertz CT molecular complexity index is 1190. The molecule has 2 aliphatic rings. The zero-order chi connectivity index (χ0) is 24.9. The van der Waals surface area contributed by atoms with Gasteiger partial charge in [-0.1, -0.05) is 48.5 Å². The van der Waals surface area contributed by atoms with Gasteiger partial charge in [0.2, 0.25) is 5.91 Å². The van der Waals surface area contributed by atoms with Crippen LogP contribution in [0.2, 0.25) is 0 Å². The fourth-order valence-electron chi connectivity index (χ4n) is 4.47. The van der Waals surface area contributed by atoms with Crippen molar-refractivity contribution in [3.05, 3.63) is 65.2 Å². The lowest BCUT2D eigenvalue weighted by atomic mass is 10.0. The average molecular weight is 490 g/mol. The molecule has 1 aromatic heterocycles. The predicted octanol–water partition coefficient (Wildman–Crippen LogP) is 2.67. The number of anilines is 2. The molecule has 36 heavy (non-hydrogen) atoms. The monoisotopic (exact) mass is 489 g/mol. The molecule has 0 spiro atoms. The van der Waals surface area contributed by atoms with Gasteiger partial charge in [-0.05, 0) is 22.3 Å². The molecule has 0 aliphatic carbocycles. The van der Waals surface area contributed by atoms with Gasteiger partial charge in [0, 0.05) is 32.3 Å². The van der Waals surface area contributed by atoms with E-state index in [0.717, 1.165) is 49.5 Å². The van der Waals surface area contributed by atoms with Crippen molar-refractivity contribution in [2.24, 2.45) is 0 Å². The van der Waals surface area contributed by atoms with Crippen molar-refractivity contribution < 1.29 is 19.0 Å². The van der Waals surface area contributed by atoms with Crippen LogP contribution in [0, 0.1) is 0 Å². The van der Waals surface area contributed by atoms with Crippen molar-refractivity contribution in [3.63, 3.8) is 0 Å². The molecular weight excluding hydrogens is 458 g/mol. The zero-order valence-electron chi connectivity index (χ0n) is 20.5. The number of amides is 1. The van der Waals surface area contributed by atoms with Gasteiger partial charge in [0.15, 0.2) is 0 Å². The van der Waals surface area contributed by atoms with Crippen LogP contribution in [0.25, 0.3) is 11.1 Å². The molecule has 1 amide bonds. The first kappa shape index (κ1) is 24.2. The summed E-state index contributed by atoms with van der Waals surface area (Å²) in [6.45, 7) is 5.64. The predicted molar refractivity (Wildman–Crippen MR) is 137 cm³/mol. The van der Waals surface area contributed by atoms with Gasteiger partial charge in [0.25, 0.3) is 0 Å². The van der Waals surface area contributed by atoms with Gasteiger partial charge in [0.05, 0.1) is 32.8 Å². The van der Waals surface area contributed by atoms with Crippen molar-refractivity contribution in [2.45, 2.75) is 19.5 Å². The van der Waals surface area contributed by atoms with E-state index in [4.69, 9.17) is 19.9 Å². The third kappa shape index (κ3) is 5.48. The van der Waals surface area contributed by atoms with E-state index >= 15 is 0 Å². The molecule has 1 fully saturated rings. The standard InChI is InChI=1S/C27H31N5O4/c1-34-14-15-36-27-29-25(28)23-16-24(33)32(26(23)30-27)18-20-4-8-22(9-5-20)21-6-2-19(3-7-21)17-31-10-12-35-13-11-31/h2-9H,10-18H2,1H3,(H2,28,29,30). The summed E-state index contributed by atoms with van der Waals surface area (Å²) in [6.07, 6.45) is 0.189. The number of hydrogen-bond donors (Lipinski definition) is 1. The highest BCUT2D eigenvalue weighted by molar-refractivity contribution is 6.01. The zero-order valence-corrected chi connectivity index (χ0v) is 20.5. The third-order valence-corrected chi connectivity index (χ3v) is 6.49. The van der Waals surface area contributed by atoms with Gasteiger partial charge < -0.3 is 19.9 Å². The summed E-state index contributed by atoms with van der Waals surface area (Å²) in [6, 6.07) is 17.1. The fraction of sp³-hybridized carbons (Fsp3) is 0.370. The number of rotatable bonds is 9. The Hall–Kier alpha value is -3.53. The summed E-state index contributed by atoms with van der Waals surface area (Å²) in [4.78, 5) is 25.4. The van der Waals surface area contributed by atoms with Gasteiger partial charge >= 0.3 is 6.01 Å². The first-order valence-corrected chi connectivity index (χ1v) is 12.2. The van der Waals surface area contributed by atoms with Gasteiger partial charge in [-0.15, -0.1) is 0 Å². The van der Waals surface area contributed by atoms with Crippen LogP contribution in [-0.4, -0.2) is 67.4 Å². The van der Waals surface area contributed by atoms with E-state index in [1.807, 2.05) is 12.1 Å². The topological polar surface area (TPSA) is 103 Å². The maximum absolute atomic E-state index is 12.8. The molecule has 1 saturated heterocycles. The molecule has 0 bridgehead atoms. The number of carbonyl (C=O) groups excluding carboxylic acids is 1. The molecule has 2 aromatic carbocycles. The number of nitrogens with zero attached hydrogens (tertiary/aromatic N) is 4. The minimum absolute atomic E-state index is 0.0556. The quantitative estimate of drug-likeness (QED) is 0.458. The van der Waals surface area contributed by atoms with Gasteiger partial charge in [-0.25, -0.2) is 0 Å². The number of aromatic nitrogens is 2. The van der Waals surface area contributed by atoms with Crippen LogP contribution in [-0.2, 0) is 33.8 Å². The molecule has 2 aliphatic heterocycles. The second kappa shape index (κ2) is 11.0. The highest BCUT2D eigenvalue weighted by atomic mass is 16.5. The number of benzene rings is 2. The molecule has 0 radical (unpaired) electrons. The number of ether oxygens (including phenoxy) is 3. The van der Waals surface area contributed by atoms with Crippen molar-refractivity contribution in [1.82, 2.24) is 14.9 Å². The van der Waals surface area contributed by atoms with E-state index < -0.39 is 0 Å². The van der Waals surface area contributed by atoms with Crippen LogP contribution in [0.5, 0.6) is 6.01 Å². The summed E-state index contributed by atoms with van der Waals surface area (Å²) >= 11 is 0. The number of nitrogen functional groups attached to an aromatic ring is 1. The normalized spacial score (nSPS) is 15.8. The minimum Gasteiger partial charge on any atom is -0.461 e. The maximum Gasteiger partial charge on any atom is 0.320 e. The summed E-state index contributed by atoms with van der Waals surface area (Å²) < 4.78 is 16.0. The molecule has 0 unspecified atom stereocenters. The van der Waals surface area contributed by atoms with Gasteiger partial charge in [-0.2, -0.15) is 9.97 Å². The Labute approximate surface area is 210 Å². The van der Waals surface area contributed by atoms with Crippen LogP contribution < -0.4 is 15.4 Å². The molecule has 188 valence electrons. The van der Waals surface area contributed by atoms with E-state index in [2.05, 4.69) is 51.3 Å². The van der Waals surface area contributed by atoms with E-state index in [1.165, 1.54) is 5.56 Å². The molecule has 3 heterocycles. The Morgan fingerprint density at radius 2 is 1.56 bits per heavy atom. The summed E-state index contributed by atoms with van der Waals surface area (Å²) in [5, 5.41) is 0. The van der Waals surface area contributed by atoms with Crippen molar-refractivity contribution >= 4 is 17.5 Å². The number of carbonyl (C=O) groups is 1. The van der Waals surface area contributed by atoms with Crippen LogP contribution in [0.1, 0.15) is 16.7 Å². The molecule has 3 aromatic rings. The number of fused-ring (bicyclic) bond motifs is 1. The first-order chi connectivity index (χ1) is 17.6. The molecule has 9 heteroatoms. The Morgan fingerprint density at radius 1 is 0.917 bits per heavy atom. The van der Waals surface area contributed by atoms with E-state index in [-0.39, 0.29) is 24.2 Å². The lowest BCUT2D eigenvalue weighted by Crippen LogP contribution is -2.35. The first-order valence-electron chi connectivity index (χ1n) is 12.2. The summed E-state index contributed by atoms with van der Waals surface area (Å²) in [5.74, 6) is 0.732. The Kier molecular flexibility index (Phi) is 7.41. The molecule has 0 saturated carbocycles. The van der Waals surface area contributed by atoms with Crippen LogP contribution in [0.3, 0.4) is 0 Å². The number of nitrogens with two attached hydrogens (primary N) is 1. The Morgan fingerprint density at radius 3 is 2.19 bits per heavy atom. The van der Waals surface area contributed by atoms with E-state index in [9.17, 15) is 4.79 Å². The summed E-state index contributed by atoms with van der Waals surface area (Å²) in [5.41, 5.74) is 11.3. The smallest absolute Gasteiger partial charge is 0.320 e. The second-order valence-electron chi connectivity index (χ2n) is 8.97. The van der Waals surface area contributed by atoms with Crippen molar-refractivity contribution in [1.29, 1.82) is 0 Å². The van der Waals surface area contributed by atoms with Crippen molar-refractivity contribution in [2.75, 3.05) is 57.3 Å². The van der Waals surface area contributed by atoms with E-state index in [1.54, 1.807) is 12.0 Å². The van der Waals surface area contributed by atoms with Gasteiger partial charge in [-0.3, -0.25) is 14.6 Å². The number of methoxy groups -OCH3 is 1. The largest absolute Gasteiger partial charge is 0.461 e. The molecule has 9 nitrogen and oxygen atoms in total. The number of hydrogen-bond acceptors (Lipinski definition) is 8. The van der Waals surface area contributed by atoms with Crippen LogP contribution >= 0.6 is 0 Å². The fourth-order valence-corrected chi connectivity index (χ4v) is 4.47. The highest BCUT2D eigenvalue weighted by Crippen LogP contribution is 2.33. The average Bonchev–Trinajstić information content (AvgIpc) is 3.21. The maximum atomic E-state index is 12.8. The van der Waals surface area contributed by atoms with Crippen LogP contribution in [0.15, 0.2) is 48.5 Å². The second-order valence-corrected chi connectivity index (χ2v) is 8.97. The molecule has 5 rings (SSSR count). The summed E-state index contributed by atoms with van der Waals surface area (Å²) in [7, 11) is 1.59. The van der Waals surface area contributed by atoms with Crippen molar-refractivity contribution in [3.8, 4) is 17.1 Å². The van der Waals surface area contributed by atoms with Crippen LogP contribution in [0.4, 0.5) is 11.6 Å². The third-order valence-electron chi connectivity index (χ3n) is 6.49. The molecular formula is C27H31N5O4. The molecule has 0 atom stereocenters. The lowest BCUT2D eigenvalue weighted by molar-refractivity contribution is -0.117. The lowest BCUT2D eigenvalue weighted by Gasteiger charge is -2.26. The Balaban J connectivity index is 1.26. The SMILES string of the molecule is COCCOc1nc(N)c2c(n1)N(Cc1ccc(-c3ccc(CN4CCOCC4)cc3)cc1)C(=O)C2. The van der Waals surface area contributed by atoms with Gasteiger partial charge in [0.1, 0.15) is 18.2 Å².